The Hall–Kier alpha value is -1.40. The summed E-state index contributed by atoms with van der Waals surface area (Å²) < 4.78 is 7.36. The molecular formula is C13H19N3O3. The van der Waals surface area contributed by atoms with Crippen molar-refractivity contribution in [1.82, 2.24) is 14.7 Å². The molecule has 2 aliphatic heterocycles. The van der Waals surface area contributed by atoms with E-state index in [2.05, 4.69) is 5.10 Å². The van der Waals surface area contributed by atoms with E-state index in [4.69, 9.17) is 4.74 Å². The second kappa shape index (κ2) is 4.94. The zero-order valence-electron chi connectivity index (χ0n) is 10.9. The lowest BCUT2D eigenvalue weighted by Crippen LogP contribution is -2.58. The van der Waals surface area contributed by atoms with Crippen LogP contribution in [0.25, 0.3) is 0 Å². The highest BCUT2D eigenvalue weighted by Gasteiger charge is 2.47. The van der Waals surface area contributed by atoms with Crippen molar-refractivity contribution in [3.63, 3.8) is 0 Å². The van der Waals surface area contributed by atoms with Gasteiger partial charge in [-0.2, -0.15) is 5.10 Å². The van der Waals surface area contributed by atoms with Gasteiger partial charge in [-0.1, -0.05) is 0 Å². The smallest absolute Gasteiger partial charge is 0.244 e. The number of aromatic nitrogens is 2. The summed E-state index contributed by atoms with van der Waals surface area (Å²) in [4.78, 5) is 14.0. The molecule has 1 amide bonds. The number of likely N-dealkylation sites (tertiary alicyclic amines) is 1. The number of rotatable bonds is 2. The summed E-state index contributed by atoms with van der Waals surface area (Å²) in [5.74, 6) is 0.0328. The second-order valence-corrected chi connectivity index (χ2v) is 5.34. The number of hydrogen-bond donors (Lipinski definition) is 1. The van der Waals surface area contributed by atoms with E-state index in [9.17, 15) is 9.90 Å². The van der Waals surface area contributed by atoms with Crippen LogP contribution in [0.15, 0.2) is 18.5 Å². The number of nitrogens with zero attached hydrogens (tertiary/aromatic N) is 3. The Balaban J connectivity index is 1.67. The van der Waals surface area contributed by atoms with E-state index < -0.39 is 11.7 Å². The number of amides is 1. The number of carbonyl (C=O) groups excluding carboxylic acids is 1. The molecule has 2 atom stereocenters. The summed E-state index contributed by atoms with van der Waals surface area (Å²) >= 11 is 0. The number of piperidine rings is 1. The third-order valence-corrected chi connectivity index (χ3v) is 4.08. The molecule has 1 aromatic heterocycles. The van der Waals surface area contributed by atoms with Crippen LogP contribution in [0.3, 0.4) is 0 Å². The zero-order chi connectivity index (χ0) is 13.3. The van der Waals surface area contributed by atoms with Crippen LogP contribution in [-0.2, 0) is 16.1 Å². The fourth-order valence-electron chi connectivity index (χ4n) is 3.00. The van der Waals surface area contributed by atoms with Crippen LogP contribution in [0.4, 0.5) is 0 Å². The average molecular weight is 265 g/mol. The van der Waals surface area contributed by atoms with Gasteiger partial charge in [0.05, 0.1) is 12.6 Å². The Morgan fingerprint density at radius 1 is 1.58 bits per heavy atom. The molecule has 3 heterocycles. The number of ether oxygens (including phenoxy) is 1. The molecule has 3 rings (SSSR count). The van der Waals surface area contributed by atoms with Gasteiger partial charge in [0.2, 0.25) is 5.91 Å². The summed E-state index contributed by atoms with van der Waals surface area (Å²) in [5, 5.41) is 14.2. The summed E-state index contributed by atoms with van der Waals surface area (Å²) in [7, 11) is 0. The highest BCUT2D eigenvalue weighted by molar-refractivity contribution is 5.76. The molecule has 6 nitrogen and oxygen atoms in total. The topological polar surface area (TPSA) is 67.6 Å². The lowest BCUT2D eigenvalue weighted by molar-refractivity contribution is -0.155. The molecule has 0 saturated carbocycles. The number of aliphatic hydroxyl groups is 1. The lowest BCUT2D eigenvalue weighted by atomic mass is 9.87. The molecule has 1 aromatic rings. The van der Waals surface area contributed by atoms with Crippen LogP contribution in [0.5, 0.6) is 0 Å². The van der Waals surface area contributed by atoms with Gasteiger partial charge < -0.3 is 14.7 Å². The van der Waals surface area contributed by atoms with Crippen LogP contribution in [0.2, 0.25) is 0 Å². The molecule has 2 saturated heterocycles. The van der Waals surface area contributed by atoms with Crippen LogP contribution in [0.1, 0.15) is 19.3 Å². The summed E-state index contributed by atoms with van der Waals surface area (Å²) in [6, 6.07) is 1.80. The number of hydrogen-bond acceptors (Lipinski definition) is 4. The van der Waals surface area contributed by atoms with E-state index in [1.165, 1.54) is 0 Å². The van der Waals surface area contributed by atoms with Crippen molar-refractivity contribution in [3.8, 4) is 0 Å². The van der Waals surface area contributed by atoms with Gasteiger partial charge in [0.15, 0.2) is 0 Å². The van der Waals surface area contributed by atoms with Crippen LogP contribution < -0.4 is 0 Å². The number of aliphatic hydroxyl groups excluding tert-OH is 1. The summed E-state index contributed by atoms with van der Waals surface area (Å²) in [6.07, 6.45) is 5.36. The van der Waals surface area contributed by atoms with E-state index in [-0.39, 0.29) is 12.5 Å². The van der Waals surface area contributed by atoms with E-state index in [1.807, 2.05) is 0 Å². The van der Waals surface area contributed by atoms with E-state index in [0.717, 1.165) is 12.8 Å². The minimum absolute atomic E-state index is 0.0328. The van der Waals surface area contributed by atoms with Crippen LogP contribution >= 0.6 is 0 Å². The minimum atomic E-state index is -0.530. The maximum atomic E-state index is 12.2. The summed E-state index contributed by atoms with van der Waals surface area (Å²) in [6.45, 7) is 2.01. The predicted molar refractivity (Wildman–Crippen MR) is 67.3 cm³/mol. The van der Waals surface area contributed by atoms with Crippen molar-refractivity contribution in [2.45, 2.75) is 37.5 Å². The molecule has 0 bridgehead atoms. The second-order valence-electron chi connectivity index (χ2n) is 5.34. The number of carbonyl (C=O) groups is 1. The molecular weight excluding hydrogens is 246 g/mol. The Morgan fingerprint density at radius 2 is 2.47 bits per heavy atom. The van der Waals surface area contributed by atoms with Crippen molar-refractivity contribution in [2.24, 2.45) is 0 Å². The molecule has 6 heteroatoms. The Bertz CT molecular complexity index is 440. The Morgan fingerprint density at radius 3 is 3.16 bits per heavy atom. The molecule has 2 aliphatic rings. The summed E-state index contributed by atoms with van der Waals surface area (Å²) in [5.41, 5.74) is -0.530. The van der Waals surface area contributed by atoms with Gasteiger partial charge in [0.25, 0.3) is 0 Å². The van der Waals surface area contributed by atoms with Crippen molar-refractivity contribution in [1.29, 1.82) is 0 Å². The van der Waals surface area contributed by atoms with Gasteiger partial charge in [-0.05, 0) is 25.3 Å². The van der Waals surface area contributed by atoms with Gasteiger partial charge in [-0.3, -0.25) is 9.48 Å². The van der Waals surface area contributed by atoms with Crippen LogP contribution in [-0.4, -0.2) is 57.1 Å². The average Bonchev–Trinajstić information content (AvgIpc) is 3.05. The lowest BCUT2D eigenvalue weighted by Gasteiger charge is -2.43. The van der Waals surface area contributed by atoms with E-state index in [1.54, 1.807) is 28.0 Å². The van der Waals surface area contributed by atoms with Gasteiger partial charge >= 0.3 is 0 Å². The molecule has 2 fully saturated rings. The van der Waals surface area contributed by atoms with Gasteiger partial charge in [0, 0.05) is 25.5 Å². The largest absolute Gasteiger partial charge is 0.390 e. The Kier molecular flexibility index (Phi) is 3.28. The molecule has 0 aromatic carbocycles. The molecule has 0 unspecified atom stereocenters. The maximum Gasteiger partial charge on any atom is 0.244 e. The predicted octanol–water partition coefficient (Wildman–Crippen LogP) is 0.0255. The molecule has 0 radical (unpaired) electrons. The molecule has 0 aliphatic carbocycles. The fourth-order valence-corrected chi connectivity index (χ4v) is 3.00. The first-order chi connectivity index (χ1) is 9.20. The first-order valence-electron chi connectivity index (χ1n) is 6.77. The third kappa shape index (κ3) is 2.37. The fraction of sp³-hybridized carbons (Fsp3) is 0.692. The van der Waals surface area contributed by atoms with E-state index in [0.29, 0.717) is 26.1 Å². The van der Waals surface area contributed by atoms with Crippen molar-refractivity contribution >= 4 is 5.91 Å². The van der Waals surface area contributed by atoms with Gasteiger partial charge in [-0.25, -0.2) is 0 Å². The van der Waals surface area contributed by atoms with E-state index >= 15 is 0 Å². The maximum absolute atomic E-state index is 12.2. The Labute approximate surface area is 112 Å². The molecule has 19 heavy (non-hydrogen) atoms. The third-order valence-electron chi connectivity index (χ3n) is 4.08. The highest BCUT2D eigenvalue weighted by atomic mass is 16.5. The SMILES string of the molecule is O=C(Cn1cccn1)N1CC[C@H](O)[C@]2(CCCO2)C1. The monoisotopic (exact) mass is 265 g/mol. The molecule has 1 N–H and O–H groups in total. The van der Waals surface area contributed by atoms with Crippen molar-refractivity contribution < 1.29 is 14.6 Å². The normalized spacial score (nSPS) is 31.0. The quantitative estimate of drug-likeness (QED) is 0.819. The first-order valence-corrected chi connectivity index (χ1v) is 6.77. The standard InChI is InChI=1S/C13H19N3O3/c17-11-3-7-15(10-13(11)4-1-8-19-13)12(18)9-16-6-2-5-14-16/h2,5-6,11,17H,1,3-4,7-10H2/t11-,13-/m0/s1. The van der Waals surface area contributed by atoms with Gasteiger partial charge in [-0.15, -0.1) is 0 Å². The van der Waals surface area contributed by atoms with Crippen molar-refractivity contribution in [3.05, 3.63) is 18.5 Å². The molecule has 1 spiro atoms. The molecule has 104 valence electrons. The van der Waals surface area contributed by atoms with Crippen molar-refractivity contribution in [2.75, 3.05) is 19.7 Å². The zero-order valence-corrected chi connectivity index (χ0v) is 10.9. The highest BCUT2D eigenvalue weighted by Crippen LogP contribution is 2.34. The van der Waals surface area contributed by atoms with Gasteiger partial charge in [0.1, 0.15) is 12.1 Å². The first kappa shape index (κ1) is 12.6. The minimum Gasteiger partial charge on any atom is -0.390 e. The van der Waals surface area contributed by atoms with Crippen LogP contribution in [0, 0.1) is 0 Å².